The standard InChI is InChI=1S/C36H36N8O2/c1-23-10-12-26(13-11-23)44-34(19-31(43-44)36(3,4)5)42-35(45)40-29-14-15-30(28-9-7-6-8-27(28)29)46-22-25-16-17-38-32(18-25)41-33-21-37-20-24(2)39-33/h6-21H,22H2,1-5H3,(H,38,39,41)(H2,40,42,45). The molecule has 232 valence electrons. The molecule has 3 heterocycles. The molecule has 0 bridgehead atoms. The van der Waals surface area contributed by atoms with Gasteiger partial charge < -0.3 is 15.4 Å². The van der Waals surface area contributed by atoms with Crippen LogP contribution in [-0.2, 0) is 12.0 Å². The zero-order chi connectivity index (χ0) is 32.3. The molecule has 10 heteroatoms. The average molecular weight is 613 g/mol. The van der Waals surface area contributed by atoms with Gasteiger partial charge in [-0.25, -0.2) is 19.4 Å². The van der Waals surface area contributed by atoms with Crippen LogP contribution in [0.15, 0.2) is 97.5 Å². The monoisotopic (exact) mass is 612 g/mol. The number of nitrogens with one attached hydrogen (secondary N) is 3. The number of nitrogens with zero attached hydrogens (tertiary/aromatic N) is 5. The molecule has 10 nitrogen and oxygen atoms in total. The highest BCUT2D eigenvalue weighted by Gasteiger charge is 2.22. The van der Waals surface area contributed by atoms with Crippen molar-refractivity contribution < 1.29 is 9.53 Å². The summed E-state index contributed by atoms with van der Waals surface area (Å²) in [7, 11) is 0. The largest absolute Gasteiger partial charge is 0.488 e. The number of anilines is 4. The second kappa shape index (κ2) is 12.7. The van der Waals surface area contributed by atoms with E-state index in [9.17, 15) is 4.79 Å². The summed E-state index contributed by atoms with van der Waals surface area (Å²) in [5, 5.41) is 15.8. The van der Waals surface area contributed by atoms with Gasteiger partial charge in [-0.2, -0.15) is 5.10 Å². The lowest BCUT2D eigenvalue weighted by atomic mass is 9.92. The fraction of sp³-hybridized carbons (Fsp3) is 0.194. The predicted octanol–water partition coefficient (Wildman–Crippen LogP) is 8.09. The Bertz CT molecular complexity index is 2010. The summed E-state index contributed by atoms with van der Waals surface area (Å²) in [4.78, 5) is 26.4. The van der Waals surface area contributed by atoms with E-state index in [0.29, 0.717) is 35.5 Å². The predicted molar refractivity (Wildman–Crippen MR) is 182 cm³/mol. The summed E-state index contributed by atoms with van der Waals surface area (Å²) in [6.45, 7) is 10.5. The molecule has 0 unspecified atom stereocenters. The van der Waals surface area contributed by atoms with Gasteiger partial charge in [0.25, 0.3) is 0 Å². The third-order valence-electron chi connectivity index (χ3n) is 7.36. The molecule has 2 amide bonds. The highest BCUT2D eigenvalue weighted by atomic mass is 16.5. The number of pyridine rings is 1. The Hall–Kier alpha value is -5.77. The maximum Gasteiger partial charge on any atom is 0.324 e. The maximum atomic E-state index is 13.4. The molecule has 46 heavy (non-hydrogen) atoms. The third-order valence-corrected chi connectivity index (χ3v) is 7.36. The molecular weight excluding hydrogens is 576 g/mol. The molecule has 0 saturated carbocycles. The molecule has 0 spiro atoms. The number of amides is 2. The first-order valence-corrected chi connectivity index (χ1v) is 15.0. The molecular formula is C36H36N8O2. The lowest BCUT2D eigenvalue weighted by molar-refractivity contribution is 0.262. The third kappa shape index (κ3) is 6.96. The topological polar surface area (TPSA) is 119 Å². The van der Waals surface area contributed by atoms with E-state index in [1.54, 1.807) is 23.3 Å². The Balaban J connectivity index is 1.19. The number of hydrogen-bond acceptors (Lipinski definition) is 7. The fourth-order valence-electron chi connectivity index (χ4n) is 4.94. The van der Waals surface area contributed by atoms with E-state index < -0.39 is 0 Å². The van der Waals surface area contributed by atoms with Crippen LogP contribution < -0.4 is 20.7 Å². The molecule has 0 aliphatic rings. The molecule has 3 N–H and O–H groups in total. The van der Waals surface area contributed by atoms with Gasteiger partial charge in [0.15, 0.2) is 0 Å². The number of aromatic nitrogens is 5. The van der Waals surface area contributed by atoms with Crippen molar-refractivity contribution in [2.75, 3.05) is 16.0 Å². The van der Waals surface area contributed by atoms with Crippen molar-refractivity contribution in [2.45, 2.75) is 46.6 Å². The minimum Gasteiger partial charge on any atom is -0.488 e. The summed E-state index contributed by atoms with van der Waals surface area (Å²) < 4.78 is 8.04. The van der Waals surface area contributed by atoms with Crippen LogP contribution in [0.3, 0.4) is 0 Å². The van der Waals surface area contributed by atoms with Crippen molar-refractivity contribution >= 4 is 39.9 Å². The zero-order valence-corrected chi connectivity index (χ0v) is 26.5. The van der Waals surface area contributed by atoms with E-state index in [1.165, 1.54) is 0 Å². The van der Waals surface area contributed by atoms with E-state index in [-0.39, 0.29) is 11.4 Å². The highest BCUT2D eigenvalue weighted by molar-refractivity contribution is 6.07. The summed E-state index contributed by atoms with van der Waals surface area (Å²) >= 11 is 0. The van der Waals surface area contributed by atoms with E-state index in [4.69, 9.17) is 9.84 Å². The Kier molecular flexibility index (Phi) is 8.35. The molecule has 6 rings (SSSR count). The van der Waals surface area contributed by atoms with Gasteiger partial charge >= 0.3 is 6.03 Å². The molecule has 3 aromatic carbocycles. The van der Waals surface area contributed by atoms with Crippen molar-refractivity contribution in [1.82, 2.24) is 24.7 Å². The Labute approximate surface area is 267 Å². The van der Waals surface area contributed by atoms with Crippen LogP contribution in [0.4, 0.5) is 27.9 Å². The average Bonchev–Trinajstić information content (AvgIpc) is 3.45. The van der Waals surface area contributed by atoms with Crippen LogP contribution in [-0.4, -0.2) is 30.8 Å². The normalized spacial score (nSPS) is 11.3. The van der Waals surface area contributed by atoms with Gasteiger partial charge in [0.1, 0.15) is 29.8 Å². The number of hydrogen-bond donors (Lipinski definition) is 3. The minimum atomic E-state index is -0.373. The molecule has 6 aromatic rings. The molecule has 3 aromatic heterocycles. The van der Waals surface area contributed by atoms with Gasteiger partial charge in [0.2, 0.25) is 0 Å². The quantitative estimate of drug-likeness (QED) is 0.159. The molecule has 0 atom stereocenters. The van der Waals surface area contributed by atoms with Crippen molar-refractivity contribution in [2.24, 2.45) is 0 Å². The van der Waals surface area contributed by atoms with Crippen molar-refractivity contribution in [3.05, 3.63) is 120 Å². The summed E-state index contributed by atoms with van der Waals surface area (Å²) in [6.07, 6.45) is 5.08. The number of rotatable bonds is 8. The molecule has 0 saturated heterocycles. The molecule has 0 aliphatic carbocycles. The van der Waals surface area contributed by atoms with Crippen molar-refractivity contribution in [1.29, 1.82) is 0 Å². The number of carbonyl (C=O) groups excluding carboxylic acids is 1. The minimum absolute atomic E-state index is 0.196. The van der Waals surface area contributed by atoms with E-state index >= 15 is 0 Å². The summed E-state index contributed by atoms with van der Waals surface area (Å²) in [5.41, 5.74) is 5.10. The van der Waals surface area contributed by atoms with Crippen LogP contribution in [0, 0.1) is 13.8 Å². The molecule has 0 fully saturated rings. The summed E-state index contributed by atoms with van der Waals surface area (Å²) in [5.74, 6) is 2.55. The van der Waals surface area contributed by atoms with Gasteiger partial charge in [0, 0.05) is 34.6 Å². The number of ether oxygens (including phenoxy) is 1. The van der Waals surface area contributed by atoms with E-state index in [0.717, 1.165) is 39.0 Å². The van der Waals surface area contributed by atoms with Crippen LogP contribution >= 0.6 is 0 Å². The molecule has 0 radical (unpaired) electrons. The fourth-order valence-corrected chi connectivity index (χ4v) is 4.94. The number of aryl methyl sites for hydroxylation is 2. The Morgan fingerprint density at radius 3 is 2.41 bits per heavy atom. The van der Waals surface area contributed by atoms with Gasteiger partial charge in [-0.05, 0) is 55.8 Å². The zero-order valence-electron chi connectivity index (χ0n) is 26.5. The number of carbonyl (C=O) groups is 1. The number of benzene rings is 3. The SMILES string of the molecule is Cc1ccc(-n2nc(C(C)(C)C)cc2NC(=O)Nc2ccc(OCc3ccnc(Nc4cncc(C)n4)c3)c3ccccc23)cc1. The first kappa shape index (κ1) is 30.3. The lowest BCUT2D eigenvalue weighted by Gasteiger charge is -2.15. The first-order valence-electron chi connectivity index (χ1n) is 15.0. The van der Waals surface area contributed by atoms with Crippen LogP contribution in [0.1, 0.15) is 43.3 Å². The van der Waals surface area contributed by atoms with Gasteiger partial charge in [-0.1, -0.05) is 62.7 Å². The van der Waals surface area contributed by atoms with E-state index in [2.05, 4.69) is 51.7 Å². The maximum absolute atomic E-state index is 13.4. The van der Waals surface area contributed by atoms with Gasteiger partial charge in [0.05, 0.1) is 29.0 Å². The van der Waals surface area contributed by atoms with Crippen molar-refractivity contribution in [3.63, 3.8) is 0 Å². The summed E-state index contributed by atoms with van der Waals surface area (Å²) in [6, 6.07) is 25.0. The smallest absolute Gasteiger partial charge is 0.324 e. The molecule has 0 aliphatic heterocycles. The van der Waals surface area contributed by atoms with Gasteiger partial charge in [-0.15, -0.1) is 0 Å². The first-order chi connectivity index (χ1) is 22.1. The van der Waals surface area contributed by atoms with E-state index in [1.807, 2.05) is 92.7 Å². The van der Waals surface area contributed by atoms with Crippen LogP contribution in [0.5, 0.6) is 5.75 Å². The second-order valence-electron chi connectivity index (χ2n) is 12.2. The highest BCUT2D eigenvalue weighted by Crippen LogP contribution is 2.33. The lowest BCUT2D eigenvalue weighted by Crippen LogP contribution is -2.21. The van der Waals surface area contributed by atoms with Gasteiger partial charge in [-0.3, -0.25) is 10.3 Å². The number of urea groups is 1. The Morgan fingerprint density at radius 2 is 1.65 bits per heavy atom. The van der Waals surface area contributed by atoms with Crippen molar-refractivity contribution in [3.8, 4) is 11.4 Å². The number of fused-ring (bicyclic) bond motifs is 1. The Morgan fingerprint density at radius 1 is 0.870 bits per heavy atom. The van der Waals surface area contributed by atoms with Crippen LogP contribution in [0.2, 0.25) is 0 Å². The second-order valence-corrected chi connectivity index (χ2v) is 12.2. The van der Waals surface area contributed by atoms with Crippen LogP contribution in [0.25, 0.3) is 16.5 Å².